The minimum absolute atomic E-state index is 0.751. The molecule has 0 bridgehead atoms. The molecule has 0 saturated carbocycles. The first-order valence-corrected chi connectivity index (χ1v) is 21.5. The lowest BCUT2D eigenvalue weighted by atomic mass is 9.95. The molecular formula is C37H64O31. The van der Waals surface area contributed by atoms with Gasteiger partial charge in [0.15, 0.2) is 37.7 Å². The standard InChI is InChI=1S/C37H64O31/c1-57-32-24(54)29(15(45)9(3-39)58-32)66-34-22(52)19(49)27(12(6-42)62-34)65-37-26(56)31(17(47)11(5-41)61-37)68-35-23(53)20(50)28(13(7-43)63-35)64-36-25(55)30(16(46)10(4-40)60-36)67-33-21(51)18(48)14(44)8(2-38)59-33/h8-56H,2-7H2,1H3/t8-,9-,10-,11-,12-,13-,14-,15-,16-,17-,18+,19-,20-,21-,22-,23-,24-,25-,26-,27-,28-,29+,30+,31+,32-,33+,34+,35+,36+,37+/m1/s1. The summed E-state index contributed by atoms with van der Waals surface area (Å²) >= 11 is 0. The molecule has 6 fully saturated rings. The second kappa shape index (κ2) is 24.2. The van der Waals surface area contributed by atoms with Crippen LogP contribution in [-0.4, -0.2) is 328 Å². The Morgan fingerprint density at radius 3 is 0.794 bits per heavy atom. The summed E-state index contributed by atoms with van der Waals surface area (Å²) in [5.41, 5.74) is 0. The van der Waals surface area contributed by atoms with Crippen molar-refractivity contribution in [2.45, 2.75) is 184 Å². The Morgan fingerprint density at radius 2 is 0.485 bits per heavy atom. The smallest absolute Gasteiger partial charge is 0.187 e. The predicted molar refractivity (Wildman–Crippen MR) is 204 cm³/mol. The molecule has 0 unspecified atom stereocenters. The molecule has 0 aromatic carbocycles. The van der Waals surface area contributed by atoms with Crippen LogP contribution in [0, 0.1) is 0 Å². The molecule has 30 atom stereocenters. The van der Waals surface area contributed by atoms with Gasteiger partial charge in [-0.15, -0.1) is 0 Å². The average molecular weight is 1000 g/mol. The summed E-state index contributed by atoms with van der Waals surface area (Å²) in [5.74, 6) is 0. The summed E-state index contributed by atoms with van der Waals surface area (Å²) in [5, 5.41) is 201. The Hall–Kier alpha value is -1.24. The fourth-order valence-corrected chi connectivity index (χ4v) is 8.68. The van der Waals surface area contributed by atoms with Crippen molar-refractivity contribution in [1.82, 2.24) is 0 Å². The average Bonchev–Trinajstić information content (AvgIpc) is 3.33. The van der Waals surface area contributed by atoms with E-state index in [-0.39, 0.29) is 0 Å². The summed E-state index contributed by atoms with van der Waals surface area (Å²) < 4.78 is 66.1. The normalized spacial score (nSPS) is 52.8. The molecule has 31 nitrogen and oxygen atoms in total. The van der Waals surface area contributed by atoms with E-state index in [4.69, 9.17) is 56.8 Å². The molecule has 6 saturated heterocycles. The summed E-state index contributed by atoms with van der Waals surface area (Å²) in [7, 11) is 1.15. The summed E-state index contributed by atoms with van der Waals surface area (Å²) in [6.45, 7) is -5.59. The molecular weight excluding hydrogens is 940 g/mol. The SMILES string of the molecule is CO[C@@H]1O[C@H](CO)[C@@H](O)[C@H](O[C@@H]2O[C@H](CO)[C@@H](O[C@@H]3O[C@H](CO)[C@@H](O)[C@H](O[C@@H]4O[C@H](CO)[C@@H](O[C@@H]5O[C@H](CO)[C@@H](O)[C@H](O[C@@H]6O[C@H](CO)[C@@H](O)[C@H](O)[C@H]6O)[C@H]5O)[C@H](O)[C@H]4O)[C@H]3O)[C@H](O)[C@H]2O)[C@H]1O. The zero-order chi connectivity index (χ0) is 50.0. The van der Waals surface area contributed by atoms with Crippen molar-refractivity contribution in [3.8, 4) is 0 Å². The van der Waals surface area contributed by atoms with E-state index in [1.165, 1.54) is 0 Å². The molecule has 31 heteroatoms. The van der Waals surface area contributed by atoms with Crippen LogP contribution in [0.4, 0.5) is 0 Å². The van der Waals surface area contributed by atoms with Gasteiger partial charge in [0, 0.05) is 7.11 Å². The van der Waals surface area contributed by atoms with Crippen LogP contribution in [-0.2, 0) is 56.8 Å². The third-order valence-electron chi connectivity index (χ3n) is 12.6. The number of aliphatic hydroxyl groups excluding tert-OH is 19. The largest absolute Gasteiger partial charge is 0.394 e. The maximum Gasteiger partial charge on any atom is 0.187 e. The highest BCUT2D eigenvalue weighted by Crippen LogP contribution is 2.37. The van der Waals surface area contributed by atoms with Gasteiger partial charge < -0.3 is 154 Å². The molecule has 0 aliphatic carbocycles. The van der Waals surface area contributed by atoms with E-state index in [9.17, 15) is 97.0 Å². The number of methoxy groups -OCH3 is 1. The van der Waals surface area contributed by atoms with E-state index in [2.05, 4.69) is 0 Å². The number of hydrogen-bond acceptors (Lipinski definition) is 31. The van der Waals surface area contributed by atoms with E-state index in [1.807, 2.05) is 0 Å². The highest BCUT2D eigenvalue weighted by Gasteiger charge is 2.57. The van der Waals surface area contributed by atoms with Gasteiger partial charge in [-0.05, 0) is 0 Å². The van der Waals surface area contributed by atoms with Gasteiger partial charge >= 0.3 is 0 Å². The van der Waals surface area contributed by atoms with Crippen LogP contribution in [0.15, 0.2) is 0 Å². The number of rotatable bonds is 17. The Kier molecular flexibility index (Phi) is 19.9. The Bertz CT molecular complexity index is 1500. The summed E-state index contributed by atoms with van der Waals surface area (Å²) in [6, 6.07) is 0. The van der Waals surface area contributed by atoms with Crippen molar-refractivity contribution in [3.63, 3.8) is 0 Å². The van der Waals surface area contributed by atoms with E-state index < -0.39 is 224 Å². The van der Waals surface area contributed by atoms with Crippen LogP contribution in [0.3, 0.4) is 0 Å². The Balaban J connectivity index is 1.12. The van der Waals surface area contributed by atoms with E-state index in [0.29, 0.717) is 0 Å². The molecule has 6 heterocycles. The van der Waals surface area contributed by atoms with Crippen molar-refractivity contribution in [2.24, 2.45) is 0 Å². The van der Waals surface area contributed by atoms with Crippen LogP contribution in [0.2, 0.25) is 0 Å². The van der Waals surface area contributed by atoms with Gasteiger partial charge in [-0.1, -0.05) is 0 Å². The summed E-state index contributed by atoms with van der Waals surface area (Å²) in [6.07, 6.45) is -56.1. The number of ether oxygens (including phenoxy) is 12. The van der Waals surface area contributed by atoms with Crippen LogP contribution in [0.5, 0.6) is 0 Å². The Morgan fingerprint density at radius 1 is 0.250 bits per heavy atom. The molecule has 398 valence electrons. The van der Waals surface area contributed by atoms with Crippen LogP contribution < -0.4 is 0 Å². The second-order valence-electron chi connectivity index (χ2n) is 17.0. The van der Waals surface area contributed by atoms with Gasteiger partial charge in [-0.2, -0.15) is 0 Å². The third kappa shape index (κ3) is 11.3. The van der Waals surface area contributed by atoms with Crippen LogP contribution in [0.1, 0.15) is 0 Å². The van der Waals surface area contributed by atoms with E-state index >= 15 is 0 Å². The molecule has 6 aliphatic rings. The first-order chi connectivity index (χ1) is 32.3. The van der Waals surface area contributed by atoms with Crippen molar-refractivity contribution in [2.75, 3.05) is 46.8 Å². The highest BCUT2D eigenvalue weighted by molar-refractivity contribution is 5.00. The first kappa shape index (κ1) is 56.1. The van der Waals surface area contributed by atoms with Gasteiger partial charge in [0.2, 0.25) is 0 Å². The van der Waals surface area contributed by atoms with E-state index in [1.54, 1.807) is 0 Å². The van der Waals surface area contributed by atoms with Crippen molar-refractivity contribution in [1.29, 1.82) is 0 Å². The molecule has 0 radical (unpaired) electrons. The van der Waals surface area contributed by atoms with Crippen LogP contribution >= 0.6 is 0 Å². The molecule has 6 rings (SSSR count). The summed E-state index contributed by atoms with van der Waals surface area (Å²) in [4.78, 5) is 0. The zero-order valence-electron chi connectivity index (χ0n) is 36.0. The van der Waals surface area contributed by atoms with E-state index in [0.717, 1.165) is 7.11 Å². The quantitative estimate of drug-likeness (QED) is 0.0643. The molecule has 0 aromatic rings. The lowest BCUT2D eigenvalue weighted by Crippen LogP contribution is -2.68. The molecule has 0 aromatic heterocycles. The lowest BCUT2D eigenvalue weighted by molar-refractivity contribution is -0.397. The molecule has 0 spiro atoms. The maximum absolute atomic E-state index is 11.4. The molecule has 68 heavy (non-hydrogen) atoms. The Labute approximate surface area is 384 Å². The fourth-order valence-electron chi connectivity index (χ4n) is 8.68. The van der Waals surface area contributed by atoms with Gasteiger partial charge in [0.05, 0.1) is 39.6 Å². The number of aliphatic hydroxyl groups is 19. The second-order valence-corrected chi connectivity index (χ2v) is 17.0. The molecule has 0 amide bonds. The van der Waals surface area contributed by atoms with Crippen molar-refractivity contribution >= 4 is 0 Å². The lowest BCUT2D eigenvalue weighted by Gasteiger charge is -2.50. The van der Waals surface area contributed by atoms with Gasteiger partial charge in [0.25, 0.3) is 0 Å². The number of hydrogen-bond donors (Lipinski definition) is 19. The highest BCUT2D eigenvalue weighted by atomic mass is 16.8. The van der Waals surface area contributed by atoms with Gasteiger partial charge in [-0.25, -0.2) is 0 Å². The topological polar surface area (TPSA) is 495 Å². The fraction of sp³-hybridized carbons (Fsp3) is 1.00. The van der Waals surface area contributed by atoms with Crippen LogP contribution in [0.25, 0.3) is 0 Å². The van der Waals surface area contributed by atoms with Gasteiger partial charge in [0.1, 0.15) is 146 Å². The minimum Gasteiger partial charge on any atom is -0.394 e. The third-order valence-corrected chi connectivity index (χ3v) is 12.6. The van der Waals surface area contributed by atoms with Gasteiger partial charge in [-0.3, -0.25) is 0 Å². The monoisotopic (exact) mass is 1000 g/mol. The first-order valence-electron chi connectivity index (χ1n) is 21.5. The maximum atomic E-state index is 11.4. The molecule has 19 N–H and O–H groups in total. The minimum atomic E-state index is -2.22. The van der Waals surface area contributed by atoms with Crippen molar-refractivity contribution in [3.05, 3.63) is 0 Å². The van der Waals surface area contributed by atoms with Crippen molar-refractivity contribution < 1.29 is 154 Å². The zero-order valence-corrected chi connectivity index (χ0v) is 36.0. The predicted octanol–water partition coefficient (Wildman–Crippen LogP) is -13.4. The molecule has 6 aliphatic heterocycles.